The molecule has 0 aliphatic carbocycles. The Morgan fingerprint density at radius 1 is 1.06 bits per heavy atom. The Morgan fingerprint density at radius 3 is 1.69 bits per heavy atom. The zero-order valence-electron chi connectivity index (χ0n) is 8.44. The van der Waals surface area contributed by atoms with Crippen LogP contribution < -0.4 is 9.79 Å². The minimum atomic E-state index is -5.45. The SMILES string of the molecule is C=CCOP(=O)(OCC=C)OP(=O)([O-])[O-].[Zn+2]. The van der Waals surface area contributed by atoms with Gasteiger partial charge >= 0.3 is 27.3 Å². The molecule has 0 radical (unpaired) electrons. The molecular formula is C6H10O7P2Zn. The van der Waals surface area contributed by atoms with Crippen LogP contribution in [0.1, 0.15) is 0 Å². The number of rotatable bonds is 8. The summed E-state index contributed by atoms with van der Waals surface area (Å²) in [6.45, 7) is 5.91. The average molecular weight is 321 g/mol. The smallest absolute Gasteiger partial charge is 0.789 e. The van der Waals surface area contributed by atoms with Crippen molar-refractivity contribution >= 4 is 15.6 Å². The van der Waals surface area contributed by atoms with Crippen LogP contribution in [0.5, 0.6) is 0 Å². The summed E-state index contributed by atoms with van der Waals surface area (Å²) in [4.78, 5) is 20.5. The third kappa shape index (κ3) is 9.58. The minimum absolute atomic E-state index is 0. The minimum Gasteiger partial charge on any atom is -0.789 e. The summed E-state index contributed by atoms with van der Waals surface area (Å²) in [5.74, 6) is 0. The number of hydrogen-bond donors (Lipinski definition) is 0. The largest absolute Gasteiger partial charge is 2.00 e. The van der Waals surface area contributed by atoms with Gasteiger partial charge in [-0.2, -0.15) is 0 Å². The molecule has 0 aliphatic heterocycles. The van der Waals surface area contributed by atoms with Crippen molar-refractivity contribution in [1.29, 1.82) is 0 Å². The summed E-state index contributed by atoms with van der Waals surface area (Å²) in [6, 6.07) is 0. The fraction of sp³-hybridized carbons (Fsp3) is 0.333. The molecule has 0 amide bonds. The number of phosphoric ester groups is 1. The molecule has 88 valence electrons. The van der Waals surface area contributed by atoms with Gasteiger partial charge in [0.05, 0.1) is 21.0 Å². The van der Waals surface area contributed by atoms with Crippen molar-refractivity contribution < 1.29 is 51.8 Å². The standard InChI is InChI=1S/C6H12O7P2.Zn/c1-3-5-11-15(10,12-6-4-2)13-14(7,8)9;/h3-4H,1-2,5-6H2,(H2,7,8,9);/q;+2/p-2. The molecule has 0 heterocycles. The Kier molecular flexibility index (Phi) is 9.89. The third-order valence-electron chi connectivity index (χ3n) is 0.901. The molecule has 7 nitrogen and oxygen atoms in total. The molecule has 0 unspecified atom stereocenters. The van der Waals surface area contributed by atoms with Crippen LogP contribution in [0.3, 0.4) is 0 Å². The van der Waals surface area contributed by atoms with E-state index in [0.29, 0.717) is 0 Å². The van der Waals surface area contributed by atoms with Gasteiger partial charge in [-0.05, 0) is 0 Å². The summed E-state index contributed by atoms with van der Waals surface area (Å²) >= 11 is 0. The van der Waals surface area contributed by atoms with Gasteiger partial charge in [0.2, 0.25) is 0 Å². The van der Waals surface area contributed by atoms with Crippen LogP contribution in [0.25, 0.3) is 0 Å². The molecule has 0 aliphatic rings. The van der Waals surface area contributed by atoms with E-state index in [2.05, 4.69) is 26.5 Å². The maximum atomic E-state index is 11.4. The van der Waals surface area contributed by atoms with E-state index < -0.39 is 15.6 Å². The van der Waals surface area contributed by atoms with Gasteiger partial charge in [0.15, 0.2) is 0 Å². The van der Waals surface area contributed by atoms with E-state index in [1.54, 1.807) is 0 Å². The van der Waals surface area contributed by atoms with Crippen LogP contribution in [-0.2, 0) is 42.0 Å². The van der Waals surface area contributed by atoms with Crippen molar-refractivity contribution in [3.63, 3.8) is 0 Å². The predicted molar refractivity (Wildman–Crippen MR) is 48.6 cm³/mol. The first kappa shape index (κ1) is 18.7. The van der Waals surface area contributed by atoms with Crippen LogP contribution in [0, 0.1) is 0 Å². The Hall–Kier alpha value is 0.363. The van der Waals surface area contributed by atoms with Crippen molar-refractivity contribution in [1.82, 2.24) is 0 Å². The van der Waals surface area contributed by atoms with E-state index in [9.17, 15) is 18.9 Å². The van der Waals surface area contributed by atoms with Gasteiger partial charge in [-0.1, -0.05) is 12.2 Å². The van der Waals surface area contributed by atoms with Crippen molar-refractivity contribution in [3.05, 3.63) is 25.3 Å². The van der Waals surface area contributed by atoms with Gasteiger partial charge in [-0.3, -0.25) is 13.4 Å². The topological polar surface area (TPSA) is 108 Å². The summed E-state index contributed by atoms with van der Waals surface area (Å²) in [6.07, 6.45) is 2.38. The zero-order chi connectivity index (χ0) is 11.9. The van der Waals surface area contributed by atoms with E-state index in [1.807, 2.05) is 0 Å². The van der Waals surface area contributed by atoms with E-state index >= 15 is 0 Å². The molecule has 0 spiro atoms. The molecule has 16 heavy (non-hydrogen) atoms. The van der Waals surface area contributed by atoms with Crippen LogP contribution in [0.4, 0.5) is 0 Å². The van der Waals surface area contributed by atoms with Crippen LogP contribution in [0.15, 0.2) is 25.3 Å². The molecule has 0 fully saturated rings. The second-order valence-electron chi connectivity index (χ2n) is 2.14. The van der Waals surface area contributed by atoms with Gasteiger partial charge in [-0.25, -0.2) is 4.57 Å². The first-order valence-corrected chi connectivity index (χ1v) is 6.59. The number of hydrogen-bond acceptors (Lipinski definition) is 7. The Balaban J connectivity index is 0. The fourth-order valence-electron chi connectivity index (χ4n) is 0.495. The van der Waals surface area contributed by atoms with Crippen molar-refractivity contribution in [3.8, 4) is 0 Å². The third-order valence-corrected chi connectivity index (χ3v) is 3.43. The van der Waals surface area contributed by atoms with Gasteiger partial charge < -0.3 is 14.4 Å². The summed E-state index contributed by atoms with van der Waals surface area (Å²) < 4.78 is 34.2. The monoisotopic (exact) mass is 320 g/mol. The molecule has 0 atom stereocenters. The predicted octanol–water partition coefficient (Wildman–Crippen LogP) is 0.342. The molecule has 0 bridgehead atoms. The summed E-state index contributed by atoms with van der Waals surface area (Å²) in [7, 11) is -9.85. The van der Waals surface area contributed by atoms with Crippen LogP contribution >= 0.6 is 15.6 Å². The van der Waals surface area contributed by atoms with Crippen molar-refractivity contribution in [2.75, 3.05) is 13.2 Å². The molecule has 0 saturated carbocycles. The summed E-state index contributed by atoms with van der Waals surface area (Å²) in [5, 5.41) is 0. The molecule has 0 aromatic carbocycles. The quantitative estimate of drug-likeness (QED) is 0.360. The molecular weight excluding hydrogens is 311 g/mol. The molecule has 0 aromatic rings. The first-order valence-electron chi connectivity index (χ1n) is 3.67. The second-order valence-corrected chi connectivity index (χ2v) is 5.10. The van der Waals surface area contributed by atoms with Gasteiger partial charge in [0.25, 0.3) is 0 Å². The molecule has 0 rings (SSSR count). The van der Waals surface area contributed by atoms with Gasteiger partial charge in [-0.15, -0.1) is 13.2 Å². The Labute approximate surface area is 106 Å². The Morgan fingerprint density at radius 2 is 1.44 bits per heavy atom. The van der Waals surface area contributed by atoms with E-state index in [4.69, 9.17) is 0 Å². The van der Waals surface area contributed by atoms with Gasteiger partial charge in [0.1, 0.15) is 0 Å². The van der Waals surface area contributed by atoms with E-state index in [0.717, 1.165) is 0 Å². The molecule has 0 N–H and O–H groups in total. The maximum absolute atomic E-state index is 11.4. The van der Waals surface area contributed by atoms with Crippen molar-refractivity contribution in [2.24, 2.45) is 0 Å². The zero-order valence-corrected chi connectivity index (χ0v) is 13.2. The van der Waals surface area contributed by atoms with Crippen molar-refractivity contribution in [2.45, 2.75) is 0 Å². The molecule has 0 aromatic heterocycles. The van der Waals surface area contributed by atoms with Crippen LogP contribution in [-0.4, -0.2) is 13.2 Å². The Bertz CT molecular complexity index is 296. The normalized spacial score (nSPS) is 11.6. The first-order chi connectivity index (χ1) is 6.83. The molecule has 0 saturated heterocycles. The second kappa shape index (κ2) is 8.45. The van der Waals surface area contributed by atoms with E-state index in [-0.39, 0.29) is 32.7 Å². The maximum Gasteiger partial charge on any atom is 2.00 e. The molecule has 10 heteroatoms. The number of phosphoric acid groups is 2. The van der Waals surface area contributed by atoms with E-state index in [1.165, 1.54) is 12.2 Å². The summed E-state index contributed by atoms with van der Waals surface area (Å²) in [5.41, 5.74) is 0. The average Bonchev–Trinajstić information content (AvgIpc) is 2.09. The van der Waals surface area contributed by atoms with Gasteiger partial charge in [0, 0.05) is 0 Å². The fourth-order valence-corrected chi connectivity index (χ4v) is 2.50. The van der Waals surface area contributed by atoms with Crippen LogP contribution in [0.2, 0.25) is 0 Å².